The zero-order valence-corrected chi connectivity index (χ0v) is 14.6. The summed E-state index contributed by atoms with van der Waals surface area (Å²) in [6, 6.07) is 18.9. The number of piperidine rings is 1. The van der Waals surface area contributed by atoms with Gasteiger partial charge in [-0.25, -0.2) is 0 Å². The van der Waals surface area contributed by atoms with E-state index in [1.807, 2.05) is 65.6 Å². The second-order valence-electron chi connectivity index (χ2n) is 6.83. The molecule has 0 spiro atoms. The van der Waals surface area contributed by atoms with Crippen molar-refractivity contribution in [3.05, 3.63) is 78.0 Å². The van der Waals surface area contributed by atoms with Gasteiger partial charge >= 0.3 is 0 Å². The van der Waals surface area contributed by atoms with E-state index in [1.54, 1.807) is 6.20 Å². The largest absolute Gasteiger partial charge is 0.386 e. The molecule has 2 aromatic carbocycles. The summed E-state index contributed by atoms with van der Waals surface area (Å²) in [7, 11) is 0. The van der Waals surface area contributed by atoms with Crippen molar-refractivity contribution in [2.75, 3.05) is 6.54 Å². The van der Waals surface area contributed by atoms with E-state index in [0.29, 0.717) is 12.1 Å². The van der Waals surface area contributed by atoms with Gasteiger partial charge in [0.05, 0.1) is 17.7 Å². The molecule has 26 heavy (non-hydrogen) atoms. The topological polar surface area (TPSA) is 53.4 Å². The first-order valence-corrected chi connectivity index (χ1v) is 9.13. The van der Waals surface area contributed by atoms with Crippen LogP contribution in [0.3, 0.4) is 0 Å². The molecule has 1 aliphatic heterocycles. The summed E-state index contributed by atoms with van der Waals surface area (Å²) in [5, 5.41) is 11.8. The Kier molecular flexibility index (Phi) is 4.67. The summed E-state index contributed by atoms with van der Waals surface area (Å²) in [4.78, 5) is 19.3. The highest BCUT2D eigenvalue weighted by Crippen LogP contribution is 2.30. The highest BCUT2D eigenvalue weighted by molar-refractivity contribution is 5.98. The van der Waals surface area contributed by atoms with Gasteiger partial charge in [0, 0.05) is 23.7 Å². The van der Waals surface area contributed by atoms with Crippen LogP contribution in [-0.2, 0) is 0 Å². The summed E-state index contributed by atoms with van der Waals surface area (Å²) >= 11 is 0. The lowest BCUT2D eigenvalue weighted by Gasteiger charge is -2.38. The molecule has 1 saturated heterocycles. The predicted molar refractivity (Wildman–Crippen MR) is 102 cm³/mol. The molecule has 2 heterocycles. The van der Waals surface area contributed by atoms with Crippen LogP contribution in [0, 0.1) is 0 Å². The minimum atomic E-state index is -0.664. The molecule has 0 bridgehead atoms. The van der Waals surface area contributed by atoms with Crippen molar-refractivity contribution in [1.82, 2.24) is 9.88 Å². The van der Waals surface area contributed by atoms with Crippen molar-refractivity contribution in [3.8, 4) is 0 Å². The Labute approximate surface area is 153 Å². The maximum absolute atomic E-state index is 13.2. The lowest BCUT2D eigenvalue weighted by atomic mass is 9.92. The van der Waals surface area contributed by atoms with Gasteiger partial charge in [-0.05, 0) is 49.1 Å². The molecule has 4 rings (SSSR count). The van der Waals surface area contributed by atoms with Crippen LogP contribution in [0.2, 0.25) is 0 Å². The number of hydrogen-bond acceptors (Lipinski definition) is 3. The van der Waals surface area contributed by atoms with E-state index in [2.05, 4.69) is 4.98 Å². The quantitative estimate of drug-likeness (QED) is 0.781. The minimum Gasteiger partial charge on any atom is -0.386 e. The number of likely N-dealkylation sites (tertiary alicyclic amines) is 1. The number of carbonyl (C=O) groups is 1. The molecule has 0 saturated carbocycles. The molecule has 3 aromatic rings. The molecule has 4 nitrogen and oxygen atoms in total. The number of aliphatic hydroxyl groups excluding tert-OH is 1. The summed E-state index contributed by atoms with van der Waals surface area (Å²) in [5.74, 6) is -0.0181. The number of aliphatic hydroxyl groups is 1. The standard InChI is InChI=1S/C22H22N2O2/c25-21(16-7-2-1-3-8-16)20-10-4-5-14-24(20)22(26)18-11-12-19-17(15-18)9-6-13-23-19/h1-3,6-9,11-13,15,20-21,25H,4-5,10,14H2. The minimum absolute atomic E-state index is 0.0181. The molecule has 1 aromatic heterocycles. The van der Waals surface area contributed by atoms with Crippen LogP contribution in [0.15, 0.2) is 66.9 Å². The first kappa shape index (κ1) is 16.7. The van der Waals surface area contributed by atoms with Crippen molar-refractivity contribution in [1.29, 1.82) is 0 Å². The van der Waals surface area contributed by atoms with Gasteiger partial charge < -0.3 is 10.0 Å². The van der Waals surface area contributed by atoms with Gasteiger partial charge in [0.25, 0.3) is 5.91 Å². The summed E-state index contributed by atoms with van der Waals surface area (Å²) in [5.41, 5.74) is 2.39. The fourth-order valence-corrected chi connectivity index (χ4v) is 3.78. The van der Waals surface area contributed by atoms with E-state index in [-0.39, 0.29) is 11.9 Å². The first-order chi connectivity index (χ1) is 12.7. The van der Waals surface area contributed by atoms with Crippen LogP contribution in [0.4, 0.5) is 0 Å². The fraction of sp³-hybridized carbons (Fsp3) is 0.273. The average molecular weight is 346 g/mol. The number of carbonyl (C=O) groups excluding carboxylic acids is 1. The van der Waals surface area contributed by atoms with E-state index in [9.17, 15) is 9.90 Å². The van der Waals surface area contributed by atoms with Crippen LogP contribution in [-0.4, -0.2) is 33.5 Å². The number of nitrogens with zero attached hydrogens (tertiary/aromatic N) is 2. The first-order valence-electron chi connectivity index (χ1n) is 9.13. The van der Waals surface area contributed by atoms with Gasteiger partial charge in [0.1, 0.15) is 0 Å². The molecule has 4 heteroatoms. The van der Waals surface area contributed by atoms with E-state index >= 15 is 0 Å². The van der Waals surface area contributed by atoms with E-state index < -0.39 is 6.10 Å². The Morgan fingerprint density at radius 1 is 1.08 bits per heavy atom. The Morgan fingerprint density at radius 3 is 2.77 bits per heavy atom. The van der Waals surface area contributed by atoms with Crippen LogP contribution < -0.4 is 0 Å². The van der Waals surface area contributed by atoms with Gasteiger partial charge in [0.2, 0.25) is 0 Å². The lowest BCUT2D eigenvalue weighted by molar-refractivity contribution is 0.0212. The van der Waals surface area contributed by atoms with Gasteiger partial charge in [0.15, 0.2) is 0 Å². The van der Waals surface area contributed by atoms with Crippen molar-refractivity contribution in [2.24, 2.45) is 0 Å². The summed E-state index contributed by atoms with van der Waals surface area (Å²) < 4.78 is 0. The number of pyridine rings is 1. The Bertz CT molecular complexity index is 910. The molecule has 2 unspecified atom stereocenters. The van der Waals surface area contributed by atoms with Crippen LogP contribution >= 0.6 is 0 Å². The van der Waals surface area contributed by atoms with Crippen molar-refractivity contribution >= 4 is 16.8 Å². The maximum atomic E-state index is 13.2. The van der Waals surface area contributed by atoms with Gasteiger partial charge in [-0.15, -0.1) is 0 Å². The van der Waals surface area contributed by atoms with Gasteiger partial charge in [-0.2, -0.15) is 0 Å². The van der Waals surface area contributed by atoms with Crippen LogP contribution in [0.5, 0.6) is 0 Å². The van der Waals surface area contributed by atoms with Gasteiger partial charge in [-0.1, -0.05) is 36.4 Å². The Morgan fingerprint density at radius 2 is 1.92 bits per heavy atom. The third-order valence-electron chi connectivity index (χ3n) is 5.17. The number of aromatic nitrogens is 1. The summed E-state index contributed by atoms with van der Waals surface area (Å²) in [6.07, 6.45) is 3.90. The molecule has 2 atom stereocenters. The van der Waals surface area contributed by atoms with E-state index in [1.165, 1.54) is 0 Å². The van der Waals surface area contributed by atoms with Crippen LogP contribution in [0.25, 0.3) is 10.9 Å². The van der Waals surface area contributed by atoms with Crippen molar-refractivity contribution < 1.29 is 9.90 Å². The maximum Gasteiger partial charge on any atom is 0.254 e. The zero-order valence-electron chi connectivity index (χ0n) is 14.6. The number of rotatable bonds is 3. The third-order valence-corrected chi connectivity index (χ3v) is 5.17. The number of fused-ring (bicyclic) bond motifs is 1. The number of benzene rings is 2. The molecule has 1 fully saturated rings. The molecule has 1 aliphatic rings. The van der Waals surface area contributed by atoms with Crippen LogP contribution in [0.1, 0.15) is 41.3 Å². The Balaban J connectivity index is 1.63. The molecular formula is C22H22N2O2. The molecule has 1 amide bonds. The molecule has 1 N–H and O–H groups in total. The van der Waals surface area contributed by atoms with Crippen molar-refractivity contribution in [3.63, 3.8) is 0 Å². The SMILES string of the molecule is O=C(c1ccc2ncccc2c1)N1CCCCC1C(O)c1ccccc1. The molecule has 132 valence electrons. The summed E-state index contributed by atoms with van der Waals surface area (Å²) in [6.45, 7) is 0.679. The predicted octanol–water partition coefficient (Wildman–Crippen LogP) is 3.96. The van der Waals surface area contributed by atoms with Gasteiger partial charge in [-0.3, -0.25) is 9.78 Å². The monoisotopic (exact) mass is 346 g/mol. The van der Waals surface area contributed by atoms with E-state index in [0.717, 1.165) is 35.7 Å². The van der Waals surface area contributed by atoms with Crippen molar-refractivity contribution in [2.45, 2.75) is 31.4 Å². The Hall–Kier alpha value is -2.72. The average Bonchev–Trinajstić information content (AvgIpc) is 2.73. The smallest absolute Gasteiger partial charge is 0.254 e. The second kappa shape index (κ2) is 7.26. The van der Waals surface area contributed by atoms with E-state index in [4.69, 9.17) is 0 Å². The second-order valence-corrected chi connectivity index (χ2v) is 6.83. The fourth-order valence-electron chi connectivity index (χ4n) is 3.78. The number of hydrogen-bond donors (Lipinski definition) is 1. The number of amides is 1. The normalized spacial score (nSPS) is 18.7. The zero-order chi connectivity index (χ0) is 17.9. The molecule has 0 radical (unpaired) electrons. The molecular weight excluding hydrogens is 324 g/mol. The molecule has 0 aliphatic carbocycles. The highest BCUT2D eigenvalue weighted by Gasteiger charge is 2.33. The lowest BCUT2D eigenvalue weighted by Crippen LogP contribution is -2.46. The third kappa shape index (κ3) is 3.20. The highest BCUT2D eigenvalue weighted by atomic mass is 16.3.